The Hall–Kier alpha value is -0.160. The number of nitrogens with one attached hydrogen (secondary N) is 1. The fraction of sp³-hybridized carbons (Fsp3) is 1.00. The van der Waals surface area contributed by atoms with Gasteiger partial charge in [-0.3, -0.25) is 4.90 Å². The Kier molecular flexibility index (Phi) is 5.20. The third-order valence-electron chi connectivity index (χ3n) is 5.57. The molecule has 122 valence electrons. The molecule has 1 aliphatic carbocycles. The smallest absolute Gasteiger partial charge is 0.0730 e. The Balaban J connectivity index is 1.65. The molecule has 3 aliphatic rings. The van der Waals surface area contributed by atoms with Crippen molar-refractivity contribution in [2.24, 2.45) is 5.41 Å². The van der Waals surface area contributed by atoms with Gasteiger partial charge in [0, 0.05) is 44.9 Å². The summed E-state index contributed by atoms with van der Waals surface area (Å²) >= 11 is 0. The van der Waals surface area contributed by atoms with Crippen molar-refractivity contribution in [2.45, 2.75) is 64.1 Å². The van der Waals surface area contributed by atoms with Crippen LogP contribution >= 0.6 is 0 Å². The zero-order valence-corrected chi connectivity index (χ0v) is 13.8. The van der Waals surface area contributed by atoms with Gasteiger partial charge in [-0.2, -0.15) is 0 Å². The Morgan fingerprint density at radius 1 is 1.19 bits per heavy atom. The van der Waals surface area contributed by atoms with Crippen molar-refractivity contribution in [1.29, 1.82) is 0 Å². The minimum Gasteiger partial charge on any atom is -0.381 e. The fourth-order valence-corrected chi connectivity index (χ4v) is 4.25. The molecule has 1 N–H and O–H groups in total. The van der Waals surface area contributed by atoms with Gasteiger partial charge in [0.05, 0.1) is 12.7 Å². The highest BCUT2D eigenvalue weighted by Crippen LogP contribution is 2.36. The normalized spacial score (nSPS) is 33.3. The fourth-order valence-electron chi connectivity index (χ4n) is 4.25. The van der Waals surface area contributed by atoms with E-state index in [4.69, 9.17) is 9.47 Å². The highest BCUT2D eigenvalue weighted by Gasteiger charge is 2.41. The lowest BCUT2D eigenvalue weighted by molar-refractivity contribution is -0.0824. The molecule has 4 nitrogen and oxygen atoms in total. The monoisotopic (exact) mass is 296 g/mol. The maximum absolute atomic E-state index is 5.97. The van der Waals surface area contributed by atoms with Crippen molar-refractivity contribution in [3.05, 3.63) is 0 Å². The minimum atomic E-state index is 0.396. The number of fused-ring (bicyclic) bond motifs is 1. The summed E-state index contributed by atoms with van der Waals surface area (Å²) < 4.78 is 11.6. The standard InChI is InChI=1S/C17H32N2O2/c1-14(2)18-12-17(6-9-20-10-7-17)13-19-8-11-21-16-5-3-4-15(16)19/h14-16,18H,3-13H2,1-2H3. The van der Waals surface area contributed by atoms with Gasteiger partial charge in [-0.05, 0) is 37.5 Å². The van der Waals surface area contributed by atoms with Crippen LogP contribution < -0.4 is 5.32 Å². The Morgan fingerprint density at radius 3 is 2.76 bits per heavy atom. The van der Waals surface area contributed by atoms with E-state index in [0.717, 1.165) is 32.9 Å². The molecule has 0 bridgehead atoms. The molecule has 1 saturated carbocycles. The van der Waals surface area contributed by atoms with E-state index in [2.05, 4.69) is 24.1 Å². The maximum Gasteiger partial charge on any atom is 0.0730 e. The van der Waals surface area contributed by atoms with E-state index in [9.17, 15) is 0 Å². The van der Waals surface area contributed by atoms with Crippen molar-refractivity contribution in [2.75, 3.05) is 39.5 Å². The van der Waals surface area contributed by atoms with Crippen LogP contribution in [0.15, 0.2) is 0 Å². The summed E-state index contributed by atoms with van der Waals surface area (Å²) in [7, 11) is 0. The number of ether oxygens (including phenoxy) is 2. The average molecular weight is 296 g/mol. The lowest BCUT2D eigenvalue weighted by Crippen LogP contribution is -2.55. The molecule has 2 heterocycles. The Morgan fingerprint density at radius 2 is 2.00 bits per heavy atom. The van der Waals surface area contributed by atoms with Gasteiger partial charge in [-0.1, -0.05) is 13.8 Å². The number of hydrogen-bond donors (Lipinski definition) is 1. The molecule has 2 atom stereocenters. The summed E-state index contributed by atoms with van der Waals surface area (Å²) in [6.07, 6.45) is 6.83. The van der Waals surface area contributed by atoms with E-state index >= 15 is 0 Å². The minimum absolute atomic E-state index is 0.396. The summed E-state index contributed by atoms with van der Waals surface area (Å²) in [6.45, 7) is 10.7. The third-order valence-corrected chi connectivity index (χ3v) is 5.57. The first-order valence-corrected chi connectivity index (χ1v) is 8.85. The lowest BCUT2D eigenvalue weighted by atomic mass is 9.78. The molecule has 0 spiro atoms. The highest BCUT2D eigenvalue weighted by atomic mass is 16.5. The van der Waals surface area contributed by atoms with Crippen LogP contribution in [0, 0.1) is 5.41 Å². The van der Waals surface area contributed by atoms with Gasteiger partial charge in [0.15, 0.2) is 0 Å². The molecule has 21 heavy (non-hydrogen) atoms. The second-order valence-corrected chi connectivity index (χ2v) is 7.53. The van der Waals surface area contributed by atoms with Crippen LogP contribution in [0.3, 0.4) is 0 Å². The van der Waals surface area contributed by atoms with Gasteiger partial charge in [0.2, 0.25) is 0 Å². The van der Waals surface area contributed by atoms with Crippen molar-refractivity contribution in [1.82, 2.24) is 10.2 Å². The molecule has 4 heteroatoms. The number of nitrogens with zero attached hydrogens (tertiary/aromatic N) is 1. The van der Waals surface area contributed by atoms with Crippen LogP contribution in [0.5, 0.6) is 0 Å². The van der Waals surface area contributed by atoms with Crippen molar-refractivity contribution in [3.63, 3.8) is 0 Å². The summed E-state index contributed by atoms with van der Waals surface area (Å²) in [5.41, 5.74) is 0.396. The van der Waals surface area contributed by atoms with Crippen LogP contribution in [0.1, 0.15) is 46.0 Å². The van der Waals surface area contributed by atoms with Crippen LogP contribution in [-0.4, -0.2) is 62.5 Å². The molecule has 0 aromatic carbocycles. The molecule has 3 fully saturated rings. The zero-order chi connectivity index (χ0) is 14.7. The summed E-state index contributed by atoms with van der Waals surface area (Å²) in [5, 5.41) is 3.69. The van der Waals surface area contributed by atoms with Crippen LogP contribution in [-0.2, 0) is 9.47 Å². The van der Waals surface area contributed by atoms with E-state index in [1.54, 1.807) is 0 Å². The first-order valence-electron chi connectivity index (χ1n) is 8.85. The Bertz CT molecular complexity index is 329. The van der Waals surface area contributed by atoms with E-state index in [1.807, 2.05) is 0 Å². The SMILES string of the molecule is CC(C)NCC1(CN2CCOC3CCCC32)CCOCC1. The molecule has 2 saturated heterocycles. The predicted molar refractivity (Wildman–Crippen MR) is 84.6 cm³/mol. The van der Waals surface area contributed by atoms with Gasteiger partial charge >= 0.3 is 0 Å². The van der Waals surface area contributed by atoms with E-state index < -0.39 is 0 Å². The first kappa shape index (κ1) is 15.7. The molecule has 3 rings (SSSR count). The zero-order valence-electron chi connectivity index (χ0n) is 13.8. The topological polar surface area (TPSA) is 33.7 Å². The Labute approximate surface area is 129 Å². The number of morpholine rings is 1. The molecule has 0 aromatic rings. The van der Waals surface area contributed by atoms with Crippen LogP contribution in [0.4, 0.5) is 0 Å². The van der Waals surface area contributed by atoms with E-state index in [0.29, 0.717) is 23.6 Å². The van der Waals surface area contributed by atoms with E-state index in [1.165, 1.54) is 38.6 Å². The van der Waals surface area contributed by atoms with Gasteiger partial charge < -0.3 is 14.8 Å². The van der Waals surface area contributed by atoms with Crippen molar-refractivity contribution >= 4 is 0 Å². The summed E-state index contributed by atoms with van der Waals surface area (Å²) in [4.78, 5) is 2.74. The highest BCUT2D eigenvalue weighted by molar-refractivity contribution is 4.94. The summed E-state index contributed by atoms with van der Waals surface area (Å²) in [5.74, 6) is 0. The van der Waals surface area contributed by atoms with Crippen LogP contribution in [0.2, 0.25) is 0 Å². The van der Waals surface area contributed by atoms with E-state index in [-0.39, 0.29) is 0 Å². The van der Waals surface area contributed by atoms with Crippen molar-refractivity contribution in [3.8, 4) is 0 Å². The molecular formula is C17H32N2O2. The second-order valence-electron chi connectivity index (χ2n) is 7.53. The molecule has 0 amide bonds. The lowest BCUT2D eigenvalue weighted by Gasteiger charge is -2.46. The molecule has 2 aliphatic heterocycles. The maximum atomic E-state index is 5.97. The third kappa shape index (κ3) is 3.79. The molecule has 2 unspecified atom stereocenters. The first-order chi connectivity index (χ1) is 10.2. The molecule has 0 radical (unpaired) electrons. The largest absolute Gasteiger partial charge is 0.381 e. The van der Waals surface area contributed by atoms with Gasteiger partial charge in [0.1, 0.15) is 0 Å². The molecule has 0 aromatic heterocycles. The number of rotatable bonds is 5. The van der Waals surface area contributed by atoms with Gasteiger partial charge in [-0.15, -0.1) is 0 Å². The quantitative estimate of drug-likeness (QED) is 0.842. The second kappa shape index (κ2) is 6.95. The summed E-state index contributed by atoms with van der Waals surface area (Å²) in [6, 6.07) is 1.24. The predicted octanol–water partition coefficient (Wildman–Crippen LogP) is 2.03. The molecular weight excluding hydrogens is 264 g/mol. The number of hydrogen-bond acceptors (Lipinski definition) is 4. The van der Waals surface area contributed by atoms with Gasteiger partial charge in [0.25, 0.3) is 0 Å². The van der Waals surface area contributed by atoms with Crippen molar-refractivity contribution < 1.29 is 9.47 Å². The van der Waals surface area contributed by atoms with Gasteiger partial charge in [-0.25, -0.2) is 0 Å². The average Bonchev–Trinajstić information content (AvgIpc) is 2.96. The van der Waals surface area contributed by atoms with Crippen LogP contribution in [0.25, 0.3) is 0 Å².